The normalized spacial score (nSPS) is 19.9. The Bertz CT molecular complexity index is 343. The highest BCUT2D eigenvalue weighted by molar-refractivity contribution is 5.24. The summed E-state index contributed by atoms with van der Waals surface area (Å²) in [6, 6.07) is 9.12. The molecule has 0 aromatic heterocycles. The molecule has 1 saturated carbocycles. The monoisotopic (exact) mass is 320 g/mol. The first-order chi connectivity index (χ1) is 11.2. The van der Waals surface area contributed by atoms with E-state index < -0.39 is 0 Å². The molecule has 1 aliphatic carbocycles. The maximum absolute atomic E-state index is 5.13. The highest BCUT2D eigenvalue weighted by Crippen LogP contribution is 2.35. The number of hydrogen-bond donors (Lipinski definition) is 0. The summed E-state index contributed by atoms with van der Waals surface area (Å²) < 4.78 is 5.13. The predicted molar refractivity (Wildman–Crippen MR) is 104 cm³/mol. The summed E-state index contributed by atoms with van der Waals surface area (Å²) in [5, 5.41) is 0. The van der Waals surface area contributed by atoms with E-state index in [1.165, 1.54) is 31.2 Å². The molecule has 1 aliphatic rings. The molecule has 0 N–H and O–H groups in total. The lowest BCUT2D eigenvalue weighted by atomic mass is 9.79. The van der Waals surface area contributed by atoms with Crippen molar-refractivity contribution in [1.29, 1.82) is 0 Å². The van der Waals surface area contributed by atoms with Gasteiger partial charge in [0.15, 0.2) is 0 Å². The van der Waals surface area contributed by atoms with Gasteiger partial charge >= 0.3 is 0 Å². The molecule has 0 saturated heterocycles. The molecule has 0 bridgehead atoms. The number of rotatable bonds is 5. The first-order valence-electron chi connectivity index (χ1n) is 9.81. The Hall–Kier alpha value is -0.820. The van der Waals surface area contributed by atoms with Crippen LogP contribution in [0.1, 0.15) is 90.2 Å². The second kappa shape index (κ2) is 14.8. The van der Waals surface area contributed by atoms with Crippen LogP contribution in [0.3, 0.4) is 0 Å². The van der Waals surface area contributed by atoms with Gasteiger partial charge in [-0.15, -0.1) is 0 Å². The lowest BCUT2D eigenvalue weighted by Crippen LogP contribution is -2.10. The average molecular weight is 321 g/mol. The summed E-state index contributed by atoms with van der Waals surface area (Å²) in [6.07, 6.45) is 7.89. The molecule has 0 spiro atoms. The van der Waals surface area contributed by atoms with Gasteiger partial charge in [-0.3, -0.25) is 0 Å². The standard InChI is InChI=1S/C14H20.C6H14O.C2H6/c1-11-3-7-13(8-4-11)14-9-5-12(2)6-10-14;1-3-5-7-6-4-2;1-2/h3-4,7-8,12,14H,5-6,9-10H2,1-2H3;3-6H2,1-2H3;1-2H3. The fourth-order valence-corrected chi connectivity index (χ4v) is 2.82. The Kier molecular flexibility index (Phi) is 14.2. The minimum atomic E-state index is 0.840. The van der Waals surface area contributed by atoms with Gasteiger partial charge in [-0.2, -0.15) is 0 Å². The lowest BCUT2D eigenvalue weighted by molar-refractivity contribution is 0.135. The number of benzene rings is 1. The van der Waals surface area contributed by atoms with Crippen LogP contribution in [0.15, 0.2) is 24.3 Å². The first kappa shape index (κ1) is 22.2. The van der Waals surface area contributed by atoms with Crippen molar-refractivity contribution in [1.82, 2.24) is 0 Å². The lowest BCUT2D eigenvalue weighted by Gasteiger charge is -2.26. The van der Waals surface area contributed by atoms with Gasteiger partial charge in [0, 0.05) is 13.2 Å². The number of hydrogen-bond acceptors (Lipinski definition) is 1. The highest BCUT2D eigenvalue weighted by Gasteiger charge is 2.19. The molecule has 2 rings (SSSR count). The summed E-state index contributed by atoms with van der Waals surface area (Å²) in [5.41, 5.74) is 2.93. The minimum absolute atomic E-state index is 0.840. The number of ether oxygens (including phenoxy) is 1. The Morgan fingerprint density at radius 3 is 1.78 bits per heavy atom. The van der Waals surface area contributed by atoms with Crippen LogP contribution in [0.5, 0.6) is 0 Å². The van der Waals surface area contributed by atoms with Crippen molar-refractivity contribution < 1.29 is 4.74 Å². The summed E-state index contributed by atoms with van der Waals surface area (Å²) in [4.78, 5) is 0. The van der Waals surface area contributed by atoms with E-state index in [2.05, 4.69) is 52.0 Å². The molecule has 1 aromatic rings. The SMILES string of the molecule is CC.CCCOCCC.Cc1ccc(C2CCC(C)CC2)cc1. The highest BCUT2D eigenvalue weighted by atomic mass is 16.5. The van der Waals surface area contributed by atoms with Crippen molar-refractivity contribution >= 4 is 0 Å². The van der Waals surface area contributed by atoms with Crippen LogP contribution in [0.2, 0.25) is 0 Å². The van der Waals surface area contributed by atoms with Gasteiger partial charge in [-0.1, -0.05) is 77.3 Å². The first-order valence-corrected chi connectivity index (χ1v) is 9.81. The van der Waals surface area contributed by atoms with E-state index in [9.17, 15) is 0 Å². The molecule has 134 valence electrons. The van der Waals surface area contributed by atoms with E-state index in [1.54, 1.807) is 5.56 Å². The van der Waals surface area contributed by atoms with Crippen molar-refractivity contribution in [2.24, 2.45) is 5.92 Å². The smallest absolute Gasteiger partial charge is 0.0463 e. The summed E-state index contributed by atoms with van der Waals surface area (Å²) in [6.45, 7) is 14.6. The van der Waals surface area contributed by atoms with Gasteiger partial charge < -0.3 is 4.74 Å². The molecular weight excluding hydrogens is 280 g/mol. The van der Waals surface area contributed by atoms with Crippen LogP contribution >= 0.6 is 0 Å². The third kappa shape index (κ3) is 10.5. The quantitative estimate of drug-likeness (QED) is 0.524. The molecule has 1 aromatic carbocycles. The molecule has 0 amide bonds. The molecule has 0 aliphatic heterocycles. The molecule has 1 nitrogen and oxygen atoms in total. The zero-order valence-electron chi connectivity index (χ0n) is 16.5. The van der Waals surface area contributed by atoms with Crippen LogP contribution in [-0.2, 0) is 4.74 Å². The maximum atomic E-state index is 5.13. The largest absolute Gasteiger partial charge is 0.381 e. The Labute approximate surface area is 145 Å². The molecule has 1 fully saturated rings. The van der Waals surface area contributed by atoms with Gasteiger partial charge in [0.2, 0.25) is 0 Å². The van der Waals surface area contributed by atoms with Gasteiger partial charge in [0.25, 0.3) is 0 Å². The van der Waals surface area contributed by atoms with E-state index in [0.29, 0.717) is 0 Å². The zero-order chi connectivity index (χ0) is 17.5. The van der Waals surface area contributed by atoms with Crippen molar-refractivity contribution in [3.8, 4) is 0 Å². The fraction of sp³-hybridized carbons (Fsp3) is 0.727. The van der Waals surface area contributed by atoms with E-state index in [0.717, 1.165) is 37.9 Å². The molecule has 0 unspecified atom stereocenters. The summed E-state index contributed by atoms with van der Waals surface area (Å²) in [7, 11) is 0. The van der Waals surface area contributed by atoms with E-state index in [4.69, 9.17) is 4.74 Å². The summed E-state index contributed by atoms with van der Waals surface area (Å²) >= 11 is 0. The van der Waals surface area contributed by atoms with E-state index in [1.807, 2.05) is 13.8 Å². The van der Waals surface area contributed by atoms with Crippen molar-refractivity contribution in [3.63, 3.8) is 0 Å². The molecular formula is C22H40O. The average Bonchev–Trinajstić information content (AvgIpc) is 2.59. The molecule has 23 heavy (non-hydrogen) atoms. The van der Waals surface area contributed by atoms with Gasteiger partial charge in [0.05, 0.1) is 0 Å². The Morgan fingerprint density at radius 1 is 0.870 bits per heavy atom. The fourth-order valence-electron chi connectivity index (χ4n) is 2.82. The Balaban J connectivity index is 0.000000460. The van der Waals surface area contributed by atoms with Gasteiger partial charge in [-0.05, 0) is 50.0 Å². The van der Waals surface area contributed by atoms with Crippen molar-refractivity contribution in [2.75, 3.05) is 13.2 Å². The van der Waals surface area contributed by atoms with Crippen molar-refractivity contribution in [3.05, 3.63) is 35.4 Å². The van der Waals surface area contributed by atoms with Crippen LogP contribution in [-0.4, -0.2) is 13.2 Å². The Morgan fingerprint density at radius 2 is 1.35 bits per heavy atom. The topological polar surface area (TPSA) is 9.23 Å². The molecule has 1 heteroatoms. The van der Waals surface area contributed by atoms with Crippen LogP contribution < -0.4 is 0 Å². The van der Waals surface area contributed by atoms with Crippen LogP contribution in [0, 0.1) is 12.8 Å². The van der Waals surface area contributed by atoms with Crippen LogP contribution in [0.25, 0.3) is 0 Å². The van der Waals surface area contributed by atoms with E-state index in [-0.39, 0.29) is 0 Å². The molecule has 0 radical (unpaired) electrons. The molecule has 0 heterocycles. The third-order valence-corrected chi connectivity index (χ3v) is 4.26. The maximum Gasteiger partial charge on any atom is 0.0463 e. The zero-order valence-corrected chi connectivity index (χ0v) is 16.5. The van der Waals surface area contributed by atoms with Gasteiger partial charge in [-0.25, -0.2) is 0 Å². The second-order valence-electron chi connectivity index (χ2n) is 6.48. The van der Waals surface area contributed by atoms with Crippen molar-refractivity contribution in [2.45, 2.75) is 86.0 Å². The number of aryl methyl sites for hydroxylation is 1. The third-order valence-electron chi connectivity index (χ3n) is 4.26. The van der Waals surface area contributed by atoms with Gasteiger partial charge in [0.1, 0.15) is 0 Å². The van der Waals surface area contributed by atoms with E-state index >= 15 is 0 Å². The van der Waals surface area contributed by atoms with Crippen LogP contribution in [0.4, 0.5) is 0 Å². The molecule has 0 atom stereocenters. The summed E-state index contributed by atoms with van der Waals surface area (Å²) in [5.74, 6) is 1.79. The predicted octanol–water partition coefficient (Wildman–Crippen LogP) is 7.14. The second-order valence-corrected chi connectivity index (χ2v) is 6.48. The minimum Gasteiger partial charge on any atom is -0.381 e.